The van der Waals surface area contributed by atoms with Crippen LogP contribution in [0.1, 0.15) is 37.7 Å². The van der Waals surface area contributed by atoms with Crippen molar-refractivity contribution >= 4 is 17.0 Å². The molecule has 1 N–H and O–H groups in total. The van der Waals surface area contributed by atoms with Gasteiger partial charge in [-0.3, -0.25) is 9.36 Å². The monoisotopic (exact) mass is 440 g/mol. The summed E-state index contributed by atoms with van der Waals surface area (Å²) in [4.78, 5) is 29.7. The zero-order chi connectivity index (χ0) is 23.6. The van der Waals surface area contributed by atoms with E-state index in [1.807, 2.05) is 6.07 Å². The highest BCUT2D eigenvalue weighted by molar-refractivity contribution is 5.82. The van der Waals surface area contributed by atoms with Crippen LogP contribution < -0.4 is 10.9 Å². The summed E-state index contributed by atoms with van der Waals surface area (Å²) in [6.07, 6.45) is -0.578. The van der Waals surface area contributed by atoms with E-state index >= 15 is 0 Å². The number of fused-ring (bicyclic) bond motifs is 1. The summed E-state index contributed by atoms with van der Waals surface area (Å²) in [5.74, 6) is -1.32. The van der Waals surface area contributed by atoms with E-state index in [0.717, 1.165) is 16.7 Å². The summed E-state index contributed by atoms with van der Waals surface area (Å²) in [5, 5.41) is 11.5. The van der Waals surface area contributed by atoms with Crippen molar-refractivity contribution in [3.05, 3.63) is 69.3 Å². The molecule has 0 bridgehead atoms. The van der Waals surface area contributed by atoms with Crippen molar-refractivity contribution in [1.29, 1.82) is 5.26 Å². The van der Waals surface area contributed by atoms with Gasteiger partial charge in [-0.05, 0) is 57.5 Å². The van der Waals surface area contributed by atoms with Gasteiger partial charge in [0.15, 0.2) is 0 Å². The Morgan fingerprint density at radius 3 is 2.62 bits per heavy atom. The second-order valence-electron chi connectivity index (χ2n) is 8.25. The van der Waals surface area contributed by atoms with Gasteiger partial charge in [0.1, 0.15) is 28.4 Å². The van der Waals surface area contributed by atoms with E-state index in [9.17, 15) is 23.6 Å². The van der Waals surface area contributed by atoms with E-state index in [0.29, 0.717) is 5.56 Å². The standard InChI is InChI=1S/C23H22F2N4O3/c1-13-5-6-17(25)19-20(13)28-18(7-8-27-22(31)32-23(2,3)4)29(21(19)30)16-10-14(12-26)9-15(24)11-16/h5-6,9-11H,7-8H2,1-4H3,(H,27,31). The number of aryl methyl sites for hydroxylation is 1. The Labute approximate surface area is 183 Å². The first-order valence-corrected chi connectivity index (χ1v) is 9.89. The lowest BCUT2D eigenvalue weighted by molar-refractivity contribution is 0.0528. The van der Waals surface area contributed by atoms with Gasteiger partial charge in [0.25, 0.3) is 5.56 Å². The molecule has 0 aliphatic heterocycles. The van der Waals surface area contributed by atoms with Gasteiger partial charge in [-0.1, -0.05) is 6.07 Å². The molecular formula is C23H22F2N4O3. The molecule has 1 heterocycles. The quantitative estimate of drug-likeness (QED) is 0.664. The van der Waals surface area contributed by atoms with Crippen LogP contribution in [0.4, 0.5) is 13.6 Å². The molecule has 7 nitrogen and oxygen atoms in total. The minimum absolute atomic E-state index is 0.00505. The highest BCUT2D eigenvalue weighted by Gasteiger charge is 2.19. The maximum absolute atomic E-state index is 14.5. The molecule has 0 saturated heterocycles. The third-order valence-corrected chi connectivity index (χ3v) is 4.53. The van der Waals surface area contributed by atoms with E-state index in [1.54, 1.807) is 27.7 Å². The Morgan fingerprint density at radius 1 is 1.25 bits per heavy atom. The van der Waals surface area contributed by atoms with Gasteiger partial charge < -0.3 is 10.1 Å². The second kappa shape index (κ2) is 8.75. The maximum atomic E-state index is 14.5. The lowest BCUT2D eigenvalue weighted by atomic mass is 10.1. The number of carbonyl (C=O) groups is 1. The number of nitrogens with zero attached hydrogens (tertiary/aromatic N) is 3. The lowest BCUT2D eigenvalue weighted by Crippen LogP contribution is -2.34. The van der Waals surface area contributed by atoms with Crippen LogP contribution in [0.2, 0.25) is 0 Å². The molecule has 0 spiro atoms. The molecule has 1 aromatic heterocycles. The molecule has 0 radical (unpaired) electrons. The molecule has 0 unspecified atom stereocenters. The van der Waals surface area contributed by atoms with Gasteiger partial charge in [-0.15, -0.1) is 0 Å². The summed E-state index contributed by atoms with van der Waals surface area (Å²) in [6.45, 7) is 6.93. The molecule has 0 aliphatic carbocycles. The summed E-state index contributed by atoms with van der Waals surface area (Å²) in [7, 11) is 0. The predicted octanol–water partition coefficient (Wildman–Crippen LogP) is 3.91. The molecule has 1 amide bonds. The van der Waals surface area contributed by atoms with Crippen LogP contribution in [-0.4, -0.2) is 27.8 Å². The van der Waals surface area contributed by atoms with Gasteiger partial charge in [0.05, 0.1) is 22.8 Å². The number of hydrogen-bond donors (Lipinski definition) is 1. The summed E-state index contributed by atoms with van der Waals surface area (Å²) >= 11 is 0. The Balaban J connectivity index is 2.12. The number of hydrogen-bond acceptors (Lipinski definition) is 5. The number of nitrogens with one attached hydrogen (secondary N) is 1. The number of aromatic nitrogens is 2. The number of amides is 1. The Hall–Kier alpha value is -3.80. The molecule has 0 saturated carbocycles. The van der Waals surface area contributed by atoms with Crippen LogP contribution in [-0.2, 0) is 11.2 Å². The predicted molar refractivity (Wildman–Crippen MR) is 115 cm³/mol. The average molecular weight is 440 g/mol. The van der Waals surface area contributed by atoms with Crippen molar-refractivity contribution in [2.75, 3.05) is 6.54 Å². The number of rotatable bonds is 4. The topological polar surface area (TPSA) is 97.0 Å². The molecule has 2 aromatic carbocycles. The Morgan fingerprint density at radius 2 is 1.97 bits per heavy atom. The summed E-state index contributed by atoms with van der Waals surface area (Å²) < 4.78 is 34.9. The zero-order valence-corrected chi connectivity index (χ0v) is 18.1. The third-order valence-electron chi connectivity index (χ3n) is 4.53. The van der Waals surface area contributed by atoms with Gasteiger partial charge in [0.2, 0.25) is 0 Å². The van der Waals surface area contributed by atoms with E-state index in [1.165, 1.54) is 18.2 Å². The molecule has 0 aliphatic rings. The summed E-state index contributed by atoms with van der Waals surface area (Å²) in [6, 6.07) is 7.91. The minimum Gasteiger partial charge on any atom is -0.444 e. The van der Waals surface area contributed by atoms with E-state index in [-0.39, 0.29) is 40.9 Å². The zero-order valence-electron chi connectivity index (χ0n) is 18.1. The normalized spacial score (nSPS) is 11.3. The van der Waals surface area contributed by atoms with E-state index < -0.39 is 28.9 Å². The minimum atomic E-state index is -0.757. The van der Waals surface area contributed by atoms with Crippen LogP contribution in [0.3, 0.4) is 0 Å². The first-order valence-electron chi connectivity index (χ1n) is 9.89. The van der Waals surface area contributed by atoms with E-state index in [4.69, 9.17) is 4.74 Å². The second-order valence-corrected chi connectivity index (χ2v) is 8.25. The van der Waals surface area contributed by atoms with Gasteiger partial charge >= 0.3 is 6.09 Å². The van der Waals surface area contributed by atoms with Crippen molar-refractivity contribution < 1.29 is 18.3 Å². The molecule has 166 valence electrons. The fourth-order valence-corrected chi connectivity index (χ4v) is 3.22. The van der Waals surface area contributed by atoms with Crippen molar-refractivity contribution in [2.24, 2.45) is 0 Å². The van der Waals surface area contributed by atoms with Gasteiger partial charge in [-0.2, -0.15) is 5.26 Å². The van der Waals surface area contributed by atoms with Crippen molar-refractivity contribution in [1.82, 2.24) is 14.9 Å². The number of alkyl carbamates (subject to hydrolysis) is 1. The fourth-order valence-electron chi connectivity index (χ4n) is 3.22. The molecule has 0 atom stereocenters. The molecular weight excluding hydrogens is 418 g/mol. The number of halogens is 2. The van der Waals surface area contributed by atoms with Crippen LogP contribution in [0, 0.1) is 29.9 Å². The molecule has 32 heavy (non-hydrogen) atoms. The molecule has 3 aromatic rings. The maximum Gasteiger partial charge on any atom is 0.407 e. The SMILES string of the molecule is Cc1ccc(F)c2c(=O)n(-c3cc(F)cc(C#N)c3)c(CCNC(=O)OC(C)(C)C)nc12. The number of ether oxygens (including phenoxy) is 1. The first kappa shape index (κ1) is 22.9. The van der Waals surface area contributed by atoms with Crippen LogP contribution in [0.25, 0.3) is 16.6 Å². The lowest BCUT2D eigenvalue weighted by Gasteiger charge is -2.20. The highest BCUT2D eigenvalue weighted by atomic mass is 19.1. The smallest absolute Gasteiger partial charge is 0.407 e. The number of carbonyl (C=O) groups excluding carboxylic acids is 1. The Kier molecular flexibility index (Phi) is 6.25. The van der Waals surface area contributed by atoms with Gasteiger partial charge in [-0.25, -0.2) is 18.6 Å². The van der Waals surface area contributed by atoms with Crippen molar-refractivity contribution in [3.8, 4) is 11.8 Å². The summed E-state index contributed by atoms with van der Waals surface area (Å²) in [5.41, 5.74) is -0.627. The van der Waals surface area contributed by atoms with Crippen LogP contribution >= 0.6 is 0 Å². The Bertz CT molecular complexity index is 1300. The van der Waals surface area contributed by atoms with E-state index in [2.05, 4.69) is 10.3 Å². The average Bonchev–Trinajstić information content (AvgIpc) is 2.68. The first-order chi connectivity index (χ1) is 15.0. The molecule has 3 rings (SSSR count). The largest absolute Gasteiger partial charge is 0.444 e. The van der Waals surface area contributed by atoms with Crippen molar-refractivity contribution in [3.63, 3.8) is 0 Å². The van der Waals surface area contributed by atoms with Crippen LogP contribution in [0.15, 0.2) is 35.1 Å². The third kappa shape index (κ3) is 4.91. The highest BCUT2D eigenvalue weighted by Crippen LogP contribution is 2.20. The fraction of sp³-hybridized carbons (Fsp3) is 0.304. The van der Waals surface area contributed by atoms with Crippen LogP contribution in [0.5, 0.6) is 0 Å². The van der Waals surface area contributed by atoms with Crippen molar-refractivity contribution in [2.45, 2.75) is 39.7 Å². The number of nitriles is 1. The van der Waals surface area contributed by atoms with Gasteiger partial charge in [0, 0.05) is 13.0 Å². The number of benzene rings is 2. The molecule has 9 heteroatoms. The molecule has 0 fully saturated rings.